The zero-order valence-electron chi connectivity index (χ0n) is 12.4. The normalized spacial score (nSPS) is 23.1. The summed E-state index contributed by atoms with van der Waals surface area (Å²) in [5.41, 5.74) is 2.21. The lowest BCUT2D eigenvalue weighted by Crippen LogP contribution is -2.39. The number of hydrogen-bond acceptors (Lipinski definition) is 2. The van der Waals surface area contributed by atoms with Gasteiger partial charge in [0.05, 0.1) is 16.6 Å². The maximum absolute atomic E-state index is 6.12. The first-order chi connectivity index (χ1) is 9.57. The van der Waals surface area contributed by atoms with E-state index in [4.69, 9.17) is 16.6 Å². The molecule has 1 aromatic carbocycles. The quantitative estimate of drug-likeness (QED) is 0.916. The Balaban J connectivity index is 2.26. The van der Waals surface area contributed by atoms with Crippen LogP contribution in [0.2, 0.25) is 5.02 Å². The predicted octanol–water partition coefficient (Wildman–Crippen LogP) is 4.26. The zero-order valence-corrected chi connectivity index (χ0v) is 13.2. The molecule has 108 valence electrons. The van der Waals surface area contributed by atoms with Crippen LogP contribution < -0.4 is 5.32 Å². The molecule has 20 heavy (non-hydrogen) atoms. The molecule has 4 heteroatoms. The molecule has 3 nitrogen and oxygen atoms in total. The van der Waals surface area contributed by atoms with Crippen LogP contribution in [0.1, 0.15) is 51.9 Å². The van der Waals surface area contributed by atoms with Gasteiger partial charge in [0, 0.05) is 11.1 Å². The number of nitrogens with one attached hydrogen (secondary N) is 1. The molecule has 2 aromatic rings. The number of aromatic nitrogens is 2. The lowest BCUT2D eigenvalue weighted by molar-refractivity contribution is 0.332. The molecule has 1 aromatic heterocycles. The van der Waals surface area contributed by atoms with Gasteiger partial charge in [-0.1, -0.05) is 18.5 Å². The highest BCUT2D eigenvalue weighted by Gasteiger charge is 2.38. The number of imidazole rings is 1. The Morgan fingerprint density at radius 3 is 2.85 bits per heavy atom. The van der Waals surface area contributed by atoms with Crippen LogP contribution in [0.4, 0.5) is 0 Å². The van der Waals surface area contributed by atoms with Crippen LogP contribution in [0, 0.1) is 0 Å². The van der Waals surface area contributed by atoms with Gasteiger partial charge in [0.2, 0.25) is 0 Å². The summed E-state index contributed by atoms with van der Waals surface area (Å²) in [6.07, 6.45) is 3.44. The average Bonchev–Trinajstić information content (AvgIpc) is 3.02. The van der Waals surface area contributed by atoms with Crippen molar-refractivity contribution < 1.29 is 0 Å². The van der Waals surface area contributed by atoms with E-state index in [0.717, 1.165) is 29.9 Å². The molecular weight excluding hydrogens is 270 g/mol. The number of nitrogens with zero attached hydrogens (tertiary/aromatic N) is 2. The molecule has 0 saturated carbocycles. The second kappa shape index (κ2) is 5.05. The van der Waals surface area contributed by atoms with Crippen LogP contribution in [-0.4, -0.2) is 16.1 Å². The van der Waals surface area contributed by atoms with E-state index in [1.165, 1.54) is 17.8 Å². The van der Waals surface area contributed by atoms with Crippen molar-refractivity contribution in [2.75, 3.05) is 6.54 Å². The van der Waals surface area contributed by atoms with Crippen molar-refractivity contribution in [3.8, 4) is 0 Å². The number of rotatable bonds is 3. The number of halogens is 1. The molecule has 3 rings (SSSR count). The Morgan fingerprint density at radius 2 is 2.25 bits per heavy atom. The third-order valence-corrected chi connectivity index (χ3v) is 4.68. The highest BCUT2D eigenvalue weighted by Crippen LogP contribution is 2.37. The van der Waals surface area contributed by atoms with E-state index in [-0.39, 0.29) is 5.54 Å². The van der Waals surface area contributed by atoms with E-state index in [9.17, 15) is 0 Å². The van der Waals surface area contributed by atoms with Crippen molar-refractivity contribution in [1.82, 2.24) is 14.9 Å². The molecule has 1 atom stereocenters. The summed E-state index contributed by atoms with van der Waals surface area (Å²) in [4.78, 5) is 4.94. The zero-order chi connectivity index (χ0) is 14.3. The lowest BCUT2D eigenvalue weighted by atomic mass is 9.93. The van der Waals surface area contributed by atoms with Gasteiger partial charge < -0.3 is 9.88 Å². The second-order valence-corrected chi connectivity index (χ2v) is 6.43. The Morgan fingerprint density at radius 1 is 1.45 bits per heavy atom. The van der Waals surface area contributed by atoms with Gasteiger partial charge >= 0.3 is 0 Å². The molecule has 1 N–H and O–H groups in total. The standard InChI is InChI=1S/C16H22ClN3/c1-4-16(8-5-9-18-16)15-19-13-10-12(17)6-7-14(13)20(15)11(2)3/h6-7,10-11,18H,4-5,8-9H2,1-3H3. The molecule has 1 saturated heterocycles. The Hall–Kier alpha value is -1.06. The molecule has 0 aliphatic carbocycles. The van der Waals surface area contributed by atoms with E-state index in [2.05, 4.69) is 36.7 Å². The molecule has 1 fully saturated rings. The van der Waals surface area contributed by atoms with Gasteiger partial charge in [-0.25, -0.2) is 4.98 Å². The first-order valence-electron chi connectivity index (χ1n) is 7.50. The van der Waals surface area contributed by atoms with Crippen LogP contribution in [0.15, 0.2) is 18.2 Å². The molecule has 0 radical (unpaired) electrons. The highest BCUT2D eigenvalue weighted by molar-refractivity contribution is 6.31. The van der Waals surface area contributed by atoms with Gasteiger partial charge in [-0.2, -0.15) is 0 Å². The smallest absolute Gasteiger partial charge is 0.130 e. The SMILES string of the molecule is CCC1(c2nc3cc(Cl)ccc3n2C(C)C)CCCN1. The summed E-state index contributed by atoms with van der Waals surface area (Å²) < 4.78 is 2.37. The summed E-state index contributed by atoms with van der Waals surface area (Å²) in [6, 6.07) is 6.40. The van der Waals surface area contributed by atoms with Crippen molar-refractivity contribution >= 4 is 22.6 Å². The van der Waals surface area contributed by atoms with Crippen molar-refractivity contribution in [2.24, 2.45) is 0 Å². The number of fused-ring (bicyclic) bond motifs is 1. The van der Waals surface area contributed by atoms with E-state index in [1.54, 1.807) is 0 Å². The van der Waals surface area contributed by atoms with Crippen molar-refractivity contribution in [3.05, 3.63) is 29.0 Å². The first kappa shape index (κ1) is 13.9. The van der Waals surface area contributed by atoms with Crippen molar-refractivity contribution in [1.29, 1.82) is 0 Å². The summed E-state index contributed by atoms with van der Waals surface area (Å²) in [7, 11) is 0. The second-order valence-electron chi connectivity index (χ2n) is 6.00. The number of benzene rings is 1. The van der Waals surface area contributed by atoms with Gasteiger partial charge in [0.1, 0.15) is 5.82 Å². The Bertz CT molecular complexity index is 624. The topological polar surface area (TPSA) is 29.9 Å². The minimum atomic E-state index is 0.0236. The maximum atomic E-state index is 6.12. The third kappa shape index (κ3) is 2.04. The minimum Gasteiger partial charge on any atom is -0.324 e. The first-order valence-corrected chi connectivity index (χ1v) is 7.88. The number of hydrogen-bond donors (Lipinski definition) is 1. The van der Waals surface area contributed by atoms with Gasteiger partial charge in [-0.3, -0.25) is 0 Å². The molecule has 2 heterocycles. The highest BCUT2D eigenvalue weighted by atomic mass is 35.5. The molecule has 1 aliphatic rings. The van der Waals surface area contributed by atoms with Crippen LogP contribution in [0.3, 0.4) is 0 Å². The minimum absolute atomic E-state index is 0.0236. The van der Waals surface area contributed by atoms with Crippen LogP contribution in [0.5, 0.6) is 0 Å². The average molecular weight is 292 g/mol. The van der Waals surface area contributed by atoms with Crippen LogP contribution >= 0.6 is 11.6 Å². The largest absolute Gasteiger partial charge is 0.324 e. The summed E-state index contributed by atoms with van der Waals surface area (Å²) in [5, 5.41) is 4.44. The lowest BCUT2D eigenvalue weighted by Gasteiger charge is -2.29. The van der Waals surface area contributed by atoms with E-state index in [1.807, 2.05) is 12.1 Å². The van der Waals surface area contributed by atoms with Crippen molar-refractivity contribution in [2.45, 2.75) is 51.6 Å². The van der Waals surface area contributed by atoms with E-state index < -0.39 is 0 Å². The molecule has 0 bridgehead atoms. The molecule has 0 amide bonds. The summed E-state index contributed by atoms with van der Waals surface area (Å²) in [5.74, 6) is 1.17. The van der Waals surface area contributed by atoms with Gasteiger partial charge in [0.15, 0.2) is 0 Å². The summed E-state index contributed by atoms with van der Waals surface area (Å²) in [6.45, 7) is 7.76. The van der Waals surface area contributed by atoms with Crippen LogP contribution in [-0.2, 0) is 5.54 Å². The van der Waals surface area contributed by atoms with E-state index >= 15 is 0 Å². The predicted molar refractivity (Wildman–Crippen MR) is 84.3 cm³/mol. The van der Waals surface area contributed by atoms with Gasteiger partial charge in [0.25, 0.3) is 0 Å². The Labute approximate surface area is 125 Å². The van der Waals surface area contributed by atoms with Gasteiger partial charge in [-0.15, -0.1) is 0 Å². The molecule has 0 spiro atoms. The molecule has 1 unspecified atom stereocenters. The van der Waals surface area contributed by atoms with Crippen molar-refractivity contribution in [3.63, 3.8) is 0 Å². The fourth-order valence-electron chi connectivity index (χ4n) is 3.39. The van der Waals surface area contributed by atoms with Crippen LogP contribution in [0.25, 0.3) is 11.0 Å². The maximum Gasteiger partial charge on any atom is 0.130 e. The fraction of sp³-hybridized carbons (Fsp3) is 0.562. The Kier molecular flexibility index (Phi) is 3.51. The fourth-order valence-corrected chi connectivity index (χ4v) is 3.56. The van der Waals surface area contributed by atoms with Gasteiger partial charge in [-0.05, 0) is 57.9 Å². The molecule has 1 aliphatic heterocycles. The summed E-state index contributed by atoms with van der Waals surface area (Å²) >= 11 is 6.12. The molecular formula is C16H22ClN3. The third-order valence-electron chi connectivity index (χ3n) is 4.44. The van der Waals surface area contributed by atoms with E-state index in [0.29, 0.717) is 6.04 Å². The monoisotopic (exact) mass is 291 g/mol.